The number of anilines is 1. The van der Waals surface area contributed by atoms with Gasteiger partial charge in [-0.15, -0.1) is 0 Å². The highest BCUT2D eigenvalue weighted by Crippen LogP contribution is 2.49. The molecule has 0 aromatic heterocycles. The van der Waals surface area contributed by atoms with E-state index in [9.17, 15) is 18.0 Å². The van der Waals surface area contributed by atoms with E-state index >= 15 is 0 Å². The van der Waals surface area contributed by atoms with Crippen molar-refractivity contribution in [2.24, 2.45) is 5.92 Å². The molecule has 2 N–H and O–H groups in total. The van der Waals surface area contributed by atoms with Gasteiger partial charge in [-0.25, -0.2) is 0 Å². The lowest BCUT2D eigenvalue weighted by molar-refractivity contribution is -0.137. The number of carbonyl (C=O) groups excluding carboxylic acids is 1. The Kier molecular flexibility index (Phi) is 4.41. The van der Waals surface area contributed by atoms with E-state index < -0.39 is 11.7 Å². The molecule has 1 aliphatic rings. The topological polar surface area (TPSA) is 41.1 Å². The molecular formula is C17H14ClF3N2O. The summed E-state index contributed by atoms with van der Waals surface area (Å²) in [5.41, 5.74) is 4.60. The molecular weight excluding hydrogens is 341 g/mol. The van der Waals surface area contributed by atoms with Gasteiger partial charge in [0.05, 0.1) is 11.3 Å². The minimum atomic E-state index is -4.49. The van der Waals surface area contributed by atoms with Gasteiger partial charge in [0.1, 0.15) is 0 Å². The van der Waals surface area contributed by atoms with Gasteiger partial charge < -0.3 is 0 Å². The average molecular weight is 355 g/mol. The fraction of sp³-hybridized carbons (Fsp3) is 0.235. The number of para-hydroxylation sites is 1. The van der Waals surface area contributed by atoms with Crippen LogP contribution in [0.5, 0.6) is 0 Å². The normalized spacial score (nSPS) is 19.7. The first-order valence-corrected chi connectivity index (χ1v) is 7.72. The second-order valence-electron chi connectivity index (χ2n) is 5.63. The number of benzene rings is 2. The molecule has 2 aromatic rings. The Bertz CT molecular complexity index is 763. The Morgan fingerprint density at radius 2 is 1.75 bits per heavy atom. The van der Waals surface area contributed by atoms with Crippen molar-refractivity contribution in [2.75, 3.05) is 5.43 Å². The van der Waals surface area contributed by atoms with Gasteiger partial charge in [0.2, 0.25) is 5.91 Å². The Morgan fingerprint density at radius 1 is 1.08 bits per heavy atom. The van der Waals surface area contributed by atoms with Crippen LogP contribution in [0.3, 0.4) is 0 Å². The van der Waals surface area contributed by atoms with Crippen molar-refractivity contribution in [1.82, 2.24) is 5.43 Å². The number of hydrogen-bond acceptors (Lipinski definition) is 2. The first kappa shape index (κ1) is 16.6. The smallest absolute Gasteiger partial charge is 0.298 e. The van der Waals surface area contributed by atoms with Crippen molar-refractivity contribution in [3.8, 4) is 0 Å². The molecule has 3 nitrogen and oxygen atoms in total. The molecule has 1 aliphatic carbocycles. The molecule has 0 bridgehead atoms. The van der Waals surface area contributed by atoms with Crippen molar-refractivity contribution in [3.05, 3.63) is 64.7 Å². The van der Waals surface area contributed by atoms with Gasteiger partial charge in [-0.1, -0.05) is 41.9 Å². The minimum absolute atomic E-state index is 0.00152. The molecule has 126 valence electrons. The van der Waals surface area contributed by atoms with Crippen molar-refractivity contribution < 1.29 is 18.0 Å². The molecule has 1 fully saturated rings. The monoisotopic (exact) mass is 354 g/mol. The summed E-state index contributed by atoms with van der Waals surface area (Å²) in [5, 5.41) is 0.591. The maximum atomic E-state index is 12.9. The second-order valence-corrected chi connectivity index (χ2v) is 6.03. The van der Waals surface area contributed by atoms with Gasteiger partial charge in [0.15, 0.2) is 0 Å². The number of halogens is 4. The molecule has 7 heteroatoms. The van der Waals surface area contributed by atoms with E-state index in [1.807, 2.05) is 12.1 Å². The second kappa shape index (κ2) is 6.36. The van der Waals surface area contributed by atoms with Crippen LogP contribution in [0.1, 0.15) is 23.5 Å². The summed E-state index contributed by atoms with van der Waals surface area (Å²) in [7, 11) is 0. The zero-order valence-electron chi connectivity index (χ0n) is 12.4. The van der Waals surface area contributed by atoms with Crippen LogP contribution in [0.4, 0.5) is 18.9 Å². The molecule has 1 saturated carbocycles. The fourth-order valence-electron chi connectivity index (χ4n) is 2.67. The molecule has 24 heavy (non-hydrogen) atoms. The Hall–Kier alpha value is -2.21. The molecule has 0 aliphatic heterocycles. The third-order valence-corrected chi connectivity index (χ3v) is 4.33. The maximum Gasteiger partial charge on any atom is 0.418 e. The predicted molar refractivity (Wildman–Crippen MR) is 85.5 cm³/mol. The van der Waals surface area contributed by atoms with E-state index in [0.29, 0.717) is 11.4 Å². The molecule has 2 atom stereocenters. The van der Waals surface area contributed by atoms with Crippen LogP contribution in [-0.4, -0.2) is 5.91 Å². The number of hydrazine groups is 1. The number of rotatable bonds is 4. The van der Waals surface area contributed by atoms with Crippen LogP contribution < -0.4 is 10.9 Å². The highest BCUT2D eigenvalue weighted by atomic mass is 35.5. The van der Waals surface area contributed by atoms with Gasteiger partial charge in [-0.2, -0.15) is 13.2 Å². The Labute approximate surface area is 141 Å². The van der Waals surface area contributed by atoms with E-state index in [1.54, 1.807) is 12.1 Å². The first-order valence-electron chi connectivity index (χ1n) is 7.34. The lowest BCUT2D eigenvalue weighted by Gasteiger charge is -2.15. The summed E-state index contributed by atoms with van der Waals surface area (Å²) in [6.45, 7) is 0. The largest absolute Gasteiger partial charge is 0.418 e. The quantitative estimate of drug-likeness (QED) is 0.787. The molecule has 2 aromatic carbocycles. The van der Waals surface area contributed by atoms with E-state index in [1.165, 1.54) is 18.2 Å². The van der Waals surface area contributed by atoms with Gasteiger partial charge in [-0.3, -0.25) is 15.6 Å². The molecule has 0 spiro atoms. The predicted octanol–water partition coefficient (Wildman–Crippen LogP) is 4.61. The SMILES string of the molecule is O=C(NNc1ccccc1C(F)(F)F)C1CC1c1ccccc1Cl. The molecule has 0 saturated heterocycles. The van der Waals surface area contributed by atoms with Crippen LogP contribution in [0, 0.1) is 5.92 Å². The van der Waals surface area contributed by atoms with E-state index in [-0.39, 0.29) is 23.4 Å². The van der Waals surface area contributed by atoms with Crippen LogP contribution in [0.2, 0.25) is 5.02 Å². The van der Waals surface area contributed by atoms with Gasteiger partial charge >= 0.3 is 6.18 Å². The van der Waals surface area contributed by atoms with Gasteiger partial charge in [-0.05, 0) is 36.1 Å². The average Bonchev–Trinajstić information content (AvgIpc) is 3.33. The molecule has 3 rings (SSSR count). The maximum absolute atomic E-state index is 12.9. The van der Waals surface area contributed by atoms with E-state index in [0.717, 1.165) is 11.6 Å². The summed E-state index contributed by atoms with van der Waals surface area (Å²) >= 11 is 6.10. The fourth-order valence-corrected chi connectivity index (χ4v) is 2.94. The summed E-state index contributed by atoms with van der Waals surface area (Å²) < 4.78 is 38.7. The van der Waals surface area contributed by atoms with E-state index in [4.69, 9.17) is 11.6 Å². The Balaban J connectivity index is 1.63. The highest BCUT2D eigenvalue weighted by Gasteiger charge is 2.45. The lowest BCUT2D eigenvalue weighted by atomic mass is 10.1. The standard InChI is InChI=1S/C17H14ClF3N2O/c18-14-7-3-1-5-10(14)11-9-12(11)16(24)23-22-15-8-4-2-6-13(15)17(19,20)21/h1-8,11-12,22H,9H2,(H,23,24). The van der Waals surface area contributed by atoms with Crippen molar-refractivity contribution in [1.29, 1.82) is 0 Å². The van der Waals surface area contributed by atoms with Crippen LogP contribution in [0.15, 0.2) is 48.5 Å². The van der Waals surface area contributed by atoms with Crippen molar-refractivity contribution in [3.63, 3.8) is 0 Å². The molecule has 1 amide bonds. The first-order chi connectivity index (χ1) is 11.4. The zero-order chi connectivity index (χ0) is 17.3. The molecule has 0 heterocycles. The van der Waals surface area contributed by atoms with Crippen molar-refractivity contribution >= 4 is 23.2 Å². The van der Waals surface area contributed by atoms with Gasteiger partial charge in [0, 0.05) is 10.9 Å². The molecule has 0 radical (unpaired) electrons. The number of nitrogens with one attached hydrogen (secondary N) is 2. The summed E-state index contributed by atoms with van der Waals surface area (Å²) in [6, 6.07) is 12.2. The highest BCUT2D eigenvalue weighted by molar-refractivity contribution is 6.31. The number of amides is 1. The van der Waals surface area contributed by atoms with Crippen LogP contribution >= 0.6 is 11.6 Å². The third-order valence-electron chi connectivity index (χ3n) is 3.98. The van der Waals surface area contributed by atoms with Crippen LogP contribution in [0.25, 0.3) is 0 Å². The summed E-state index contributed by atoms with van der Waals surface area (Å²) in [6.07, 6.45) is -3.87. The van der Waals surface area contributed by atoms with Crippen LogP contribution in [-0.2, 0) is 11.0 Å². The van der Waals surface area contributed by atoms with Crippen molar-refractivity contribution in [2.45, 2.75) is 18.5 Å². The summed E-state index contributed by atoms with van der Waals surface area (Å²) in [4.78, 5) is 12.1. The minimum Gasteiger partial charge on any atom is -0.298 e. The number of hydrogen-bond donors (Lipinski definition) is 2. The van der Waals surface area contributed by atoms with Gasteiger partial charge in [0.25, 0.3) is 0 Å². The number of carbonyl (C=O) groups is 1. The third kappa shape index (κ3) is 3.48. The Morgan fingerprint density at radius 3 is 2.46 bits per heavy atom. The molecule has 2 unspecified atom stereocenters. The lowest BCUT2D eigenvalue weighted by Crippen LogP contribution is -2.32. The number of alkyl halides is 3. The van der Waals surface area contributed by atoms with E-state index in [2.05, 4.69) is 10.9 Å². The zero-order valence-corrected chi connectivity index (χ0v) is 13.2. The summed E-state index contributed by atoms with van der Waals surface area (Å²) in [5.74, 6) is -0.647.